The first-order valence-corrected chi connectivity index (χ1v) is 13.5. The first kappa shape index (κ1) is 26.8. The lowest BCUT2D eigenvalue weighted by Crippen LogP contribution is -2.30. The molecule has 9 heteroatoms. The van der Waals surface area contributed by atoms with E-state index in [9.17, 15) is 9.59 Å². The average Bonchev–Trinajstić information content (AvgIpc) is 3.40. The Bertz CT molecular complexity index is 1740. The molecule has 0 spiro atoms. The molecule has 2 heterocycles. The second-order valence-corrected chi connectivity index (χ2v) is 10.2. The summed E-state index contributed by atoms with van der Waals surface area (Å²) in [5, 5.41) is 6.47. The largest absolute Gasteiger partial charge is 0.493 e. The van der Waals surface area contributed by atoms with Gasteiger partial charge in [-0.1, -0.05) is 59.7 Å². The Kier molecular flexibility index (Phi) is 8.02. The van der Waals surface area contributed by atoms with Gasteiger partial charge in [0.05, 0.1) is 25.0 Å². The molecule has 1 N–H and O–H groups in total. The van der Waals surface area contributed by atoms with Crippen LogP contribution in [0.2, 0.25) is 0 Å². The number of hydrogen-bond acceptors (Lipinski definition) is 7. The normalized spacial score (nSPS) is 11.2. The summed E-state index contributed by atoms with van der Waals surface area (Å²) in [6, 6.07) is 21.5. The number of amides is 1. The van der Waals surface area contributed by atoms with E-state index in [0.717, 1.165) is 22.3 Å². The maximum absolute atomic E-state index is 13.2. The standard InChI is InChI=1S/C31H28N4O4S/c1-20-4-8-22(9-5-20)17-39-26-13-10-23(14-27(26)38-3)15-33-34-28(36)16-35-19-32-30-29(31(35)37)25(18-40-30)24-11-6-21(2)7-12-24/h4-15,18-19H,16-17H2,1-3H3,(H,34,36)/b33-15+. The summed E-state index contributed by atoms with van der Waals surface area (Å²) in [5.74, 6) is 0.704. The van der Waals surface area contributed by atoms with Crippen molar-refractivity contribution in [1.82, 2.24) is 15.0 Å². The van der Waals surface area contributed by atoms with E-state index in [4.69, 9.17) is 9.47 Å². The van der Waals surface area contributed by atoms with E-state index in [1.807, 2.05) is 73.8 Å². The smallest absolute Gasteiger partial charge is 0.263 e. The predicted molar refractivity (Wildman–Crippen MR) is 158 cm³/mol. The van der Waals surface area contributed by atoms with E-state index in [1.54, 1.807) is 19.2 Å². The molecule has 40 heavy (non-hydrogen) atoms. The number of nitrogens with one attached hydrogen (secondary N) is 1. The van der Waals surface area contributed by atoms with E-state index in [2.05, 4.69) is 15.5 Å². The molecule has 5 rings (SSSR count). The summed E-state index contributed by atoms with van der Waals surface area (Å²) < 4.78 is 12.7. The van der Waals surface area contributed by atoms with Crippen molar-refractivity contribution in [3.8, 4) is 22.6 Å². The molecule has 1 amide bonds. The van der Waals surface area contributed by atoms with Crippen molar-refractivity contribution >= 4 is 33.7 Å². The van der Waals surface area contributed by atoms with Gasteiger partial charge in [0.15, 0.2) is 11.5 Å². The van der Waals surface area contributed by atoms with Crippen LogP contribution in [0.25, 0.3) is 21.3 Å². The minimum absolute atomic E-state index is 0.211. The number of fused-ring (bicyclic) bond motifs is 1. The van der Waals surface area contributed by atoms with Crippen molar-refractivity contribution in [3.05, 3.63) is 111 Å². The third kappa shape index (κ3) is 6.10. The summed E-state index contributed by atoms with van der Waals surface area (Å²) in [5.41, 5.74) is 8.04. The van der Waals surface area contributed by atoms with Gasteiger partial charge in [0.25, 0.3) is 11.5 Å². The number of aromatic nitrogens is 2. The zero-order valence-corrected chi connectivity index (χ0v) is 23.2. The Morgan fingerprint density at radius 1 is 1.02 bits per heavy atom. The molecule has 202 valence electrons. The van der Waals surface area contributed by atoms with E-state index < -0.39 is 5.91 Å². The van der Waals surface area contributed by atoms with Crippen molar-refractivity contribution in [2.45, 2.75) is 27.0 Å². The molecule has 0 fully saturated rings. The van der Waals surface area contributed by atoms with Gasteiger partial charge in [0.2, 0.25) is 0 Å². The number of carbonyl (C=O) groups is 1. The van der Waals surface area contributed by atoms with Crippen LogP contribution in [0.3, 0.4) is 0 Å². The Hall–Kier alpha value is -4.76. The van der Waals surface area contributed by atoms with Crippen LogP contribution in [0.1, 0.15) is 22.3 Å². The molecule has 0 aliphatic rings. The molecule has 0 aliphatic heterocycles. The van der Waals surface area contributed by atoms with Gasteiger partial charge in [-0.05, 0) is 48.7 Å². The van der Waals surface area contributed by atoms with E-state index >= 15 is 0 Å². The van der Waals surface area contributed by atoms with Gasteiger partial charge in [-0.3, -0.25) is 14.2 Å². The van der Waals surface area contributed by atoms with Gasteiger partial charge in [-0.15, -0.1) is 11.3 Å². The van der Waals surface area contributed by atoms with E-state index in [-0.39, 0.29) is 12.1 Å². The highest BCUT2D eigenvalue weighted by Gasteiger charge is 2.15. The molecule has 0 aliphatic carbocycles. The molecule has 2 aromatic heterocycles. The second-order valence-electron chi connectivity index (χ2n) is 9.35. The lowest BCUT2D eigenvalue weighted by Gasteiger charge is -2.11. The van der Waals surface area contributed by atoms with Gasteiger partial charge < -0.3 is 9.47 Å². The molecule has 0 saturated carbocycles. The maximum Gasteiger partial charge on any atom is 0.263 e. The molecule has 0 radical (unpaired) electrons. The summed E-state index contributed by atoms with van der Waals surface area (Å²) in [4.78, 5) is 30.8. The van der Waals surface area contributed by atoms with Crippen LogP contribution in [-0.2, 0) is 17.9 Å². The lowest BCUT2D eigenvalue weighted by molar-refractivity contribution is -0.121. The number of ether oxygens (including phenoxy) is 2. The minimum Gasteiger partial charge on any atom is -0.493 e. The highest BCUT2D eigenvalue weighted by molar-refractivity contribution is 7.17. The second kappa shape index (κ2) is 12.0. The molecular formula is C31H28N4O4S. The number of thiophene rings is 1. The van der Waals surface area contributed by atoms with Gasteiger partial charge in [0.1, 0.15) is 18.0 Å². The molecule has 0 bridgehead atoms. The van der Waals surface area contributed by atoms with Crippen LogP contribution in [0.15, 0.2) is 88.3 Å². The van der Waals surface area contributed by atoms with Gasteiger partial charge in [-0.2, -0.15) is 5.10 Å². The Labute approximate surface area is 235 Å². The quantitative estimate of drug-likeness (QED) is 0.193. The number of hydrogen-bond donors (Lipinski definition) is 1. The van der Waals surface area contributed by atoms with Crippen LogP contribution in [0.4, 0.5) is 0 Å². The molecule has 0 atom stereocenters. The number of nitrogens with zero attached hydrogens (tertiary/aromatic N) is 3. The summed E-state index contributed by atoms with van der Waals surface area (Å²) in [7, 11) is 1.57. The number of methoxy groups -OCH3 is 1. The van der Waals surface area contributed by atoms with Crippen molar-refractivity contribution in [2.75, 3.05) is 7.11 Å². The molecule has 3 aromatic carbocycles. The molecule has 0 unspecified atom stereocenters. The van der Waals surface area contributed by atoms with Crippen molar-refractivity contribution < 1.29 is 14.3 Å². The highest BCUT2D eigenvalue weighted by Crippen LogP contribution is 2.31. The summed E-state index contributed by atoms with van der Waals surface area (Å²) in [6.45, 7) is 4.26. The lowest BCUT2D eigenvalue weighted by atomic mass is 10.1. The fourth-order valence-corrected chi connectivity index (χ4v) is 5.03. The van der Waals surface area contributed by atoms with Gasteiger partial charge in [0, 0.05) is 10.9 Å². The third-order valence-corrected chi connectivity index (χ3v) is 7.23. The van der Waals surface area contributed by atoms with Crippen molar-refractivity contribution in [2.24, 2.45) is 5.10 Å². The Balaban J connectivity index is 1.24. The number of benzene rings is 3. The fourth-order valence-electron chi connectivity index (χ4n) is 4.12. The van der Waals surface area contributed by atoms with Crippen LogP contribution < -0.4 is 20.5 Å². The summed E-state index contributed by atoms with van der Waals surface area (Å²) >= 11 is 1.40. The van der Waals surface area contributed by atoms with Crippen LogP contribution >= 0.6 is 11.3 Å². The number of carbonyl (C=O) groups excluding carboxylic acids is 1. The predicted octanol–water partition coefficient (Wildman–Crippen LogP) is 5.48. The SMILES string of the molecule is COc1cc(/C=N/NC(=O)Cn2cnc3scc(-c4ccc(C)cc4)c3c2=O)ccc1OCc1ccc(C)cc1. The van der Waals surface area contributed by atoms with E-state index in [1.165, 1.54) is 34.0 Å². The number of aryl methyl sites for hydroxylation is 2. The fraction of sp³-hybridized carbons (Fsp3) is 0.161. The molecule has 8 nitrogen and oxygen atoms in total. The molecule has 0 saturated heterocycles. The Morgan fingerprint density at radius 2 is 1.75 bits per heavy atom. The molecule has 5 aromatic rings. The average molecular weight is 553 g/mol. The first-order chi connectivity index (χ1) is 19.4. The topological polar surface area (TPSA) is 94.8 Å². The molecular weight excluding hydrogens is 524 g/mol. The van der Waals surface area contributed by atoms with E-state index in [0.29, 0.717) is 33.9 Å². The summed E-state index contributed by atoms with van der Waals surface area (Å²) in [6.07, 6.45) is 2.90. The minimum atomic E-state index is -0.448. The van der Waals surface area contributed by atoms with Crippen molar-refractivity contribution in [3.63, 3.8) is 0 Å². The van der Waals surface area contributed by atoms with Crippen LogP contribution in [-0.4, -0.2) is 28.8 Å². The maximum atomic E-state index is 13.2. The van der Waals surface area contributed by atoms with Crippen LogP contribution in [0, 0.1) is 13.8 Å². The zero-order valence-electron chi connectivity index (χ0n) is 22.4. The number of hydrazone groups is 1. The first-order valence-electron chi connectivity index (χ1n) is 12.6. The van der Waals surface area contributed by atoms with Crippen LogP contribution in [0.5, 0.6) is 11.5 Å². The Morgan fingerprint density at radius 3 is 2.48 bits per heavy atom. The third-order valence-electron chi connectivity index (χ3n) is 6.34. The van der Waals surface area contributed by atoms with Crippen molar-refractivity contribution in [1.29, 1.82) is 0 Å². The zero-order chi connectivity index (χ0) is 28.1. The van der Waals surface area contributed by atoms with Gasteiger partial charge in [-0.25, -0.2) is 10.4 Å². The monoisotopic (exact) mass is 552 g/mol. The number of rotatable bonds is 9. The highest BCUT2D eigenvalue weighted by atomic mass is 32.1. The van der Waals surface area contributed by atoms with Gasteiger partial charge >= 0.3 is 0 Å².